The molecule has 0 aromatic heterocycles. The van der Waals surface area contributed by atoms with Gasteiger partial charge < -0.3 is 5.73 Å². The van der Waals surface area contributed by atoms with Crippen LogP contribution < -0.4 is 5.73 Å². The summed E-state index contributed by atoms with van der Waals surface area (Å²) >= 11 is 0. The van der Waals surface area contributed by atoms with Crippen LogP contribution in [-0.2, 0) is 9.59 Å². The van der Waals surface area contributed by atoms with Crippen molar-refractivity contribution in [3.63, 3.8) is 0 Å². The number of nitrogens with zero attached hydrogens (tertiary/aromatic N) is 1. The number of rotatable bonds is 7. The second kappa shape index (κ2) is 8.46. The summed E-state index contributed by atoms with van der Waals surface area (Å²) in [5.41, 5.74) is 5.04. The lowest BCUT2D eigenvalue weighted by Gasteiger charge is -2.42. The van der Waals surface area contributed by atoms with Gasteiger partial charge in [-0.05, 0) is 38.5 Å². The molecule has 0 atom stereocenters. The number of hydrogen-bond acceptors (Lipinski definition) is 3. The zero-order valence-electron chi connectivity index (χ0n) is 16.7. The fourth-order valence-corrected chi connectivity index (χ4v) is 3.90. The molecule has 0 heterocycles. The standard InChI is InChI=1S/C20H38N2O2/c1-7-13-19(3,4)17(23)22(16-11-9-15(21)10-12-16)18(24)20(5,6)14-8-2/h15-16H,7-14,21H2,1-6H3. The molecular weight excluding hydrogens is 300 g/mol. The maximum atomic E-state index is 13.3. The largest absolute Gasteiger partial charge is 0.328 e. The van der Waals surface area contributed by atoms with E-state index in [1.807, 2.05) is 27.7 Å². The van der Waals surface area contributed by atoms with Crippen molar-refractivity contribution in [2.24, 2.45) is 16.6 Å². The summed E-state index contributed by atoms with van der Waals surface area (Å²) in [6.07, 6.45) is 6.94. The maximum absolute atomic E-state index is 13.3. The Labute approximate surface area is 148 Å². The first-order valence-corrected chi connectivity index (χ1v) is 9.70. The summed E-state index contributed by atoms with van der Waals surface area (Å²) in [7, 11) is 0. The fraction of sp³-hybridized carbons (Fsp3) is 0.900. The van der Waals surface area contributed by atoms with Crippen LogP contribution in [0.1, 0.15) is 92.9 Å². The van der Waals surface area contributed by atoms with E-state index in [1.165, 1.54) is 0 Å². The first-order chi connectivity index (χ1) is 11.1. The van der Waals surface area contributed by atoms with Crippen LogP contribution in [0.25, 0.3) is 0 Å². The Kier molecular flexibility index (Phi) is 7.45. The van der Waals surface area contributed by atoms with Gasteiger partial charge in [-0.15, -0.1) is 0 Å². The van der Waals surface area contributed by atoms with Crippen LogP contribution in [0, 0.1) is 10.8 Å². The lowest BCUT2D eigenvalue weighted by Crippen LogP contribution is -2.55. The van der Waals surface area contributed by atoms with Crippen LogP contribution in [0.5, 0.6) is 0 Å². The quantitative estimate of drug-likeness (QED) is 0.754. The van der Waals surface area contributed by atoms with E-state index >= 15 is 0 Å². The van der Waals surface area contributed by atoms with E-state index in [2.05, 4.69) is 13.8 Å². The van der Waals surface area contributed by atoms with E-state index in [1.54, 1.807) is 4.90 Å². The molecule has 0 unspecified atom stereocenters. The van der Waals surface area contributed by atoms with E-state index in [9.17, 15) is 9.59 Å². The van der Waals surface area contributed by atoms with Gasteiger partial charge in [-0.2, -0.15) is 0 Å². The van der Waals surface area contributed by atoms with Crippen molar-refractivity contribution in [3.05, 3.63) is 0 Å². The van der Waals surface area contributed by atoms with Crippen LogP contribution in [0.15, 0.2) is 0 Å². The number of imide groups is 1. The molecule has 0 bridgehead atoms. The second-order valence-corrected chi connectivity index (χ2v) is 8.82. The predicted octanol–water partition coefficient (Wildman–Crippen LogP) is 4.26. The molecule has 0 aromatic carbocycles. The number of carbonyl (C=O) groups is 2. The van der Waals surface area contributed by atoms with Gasteiger partial charge in [-0.1, -0.05) is 54.4 Å². The third kappa shape index (κ3) is 5.05. The van der Waals surface area contributed by atoms with Crippen LogP contribution >= 0.6 is 0 Å². The first-order valence-electron chi connectivity index (χ1n) is 9.70. The van der Waals surface area contributed by atoms with Crippen molar-refractivity contribution in [2.75, 3.05) is 0 Å². The highest BCUT2D eigenvalue weighted by molar-refractivity contribution is 6.00. The molecule has 24 heavy (non-hydrogen) atoms. The average Bonchev–Trinajstić information content (AvgIpc) is 2.49. The summed E-state index contributed by atoms with van der Waals surface area (Å²) < 4.78 is 0. The van der Waals surface area contributed by atoms with E-state index in [4.69, 9.17) is 5.73 Å². The molecule has 1 rings (SSSR count). The van der Waals surface area contributed by atoms with Gasteiger partial charge in [0, 0.05) is 22.9 Å². The summed E-state index contributed by atoms with van der Waals surface area (Å²) in [6.45, 7) is 12.1. The van der Waals surface area contributed by atoms with E-state index in [-0.39, 0.29) is 23.9 Å². The van der Waals surface area contributed by atoms with Crippen LogP contribution in [-0.4, -0.2) is 28.8 Å². The van der Waals surface area contributed by atoms with Crippen molar-refractivity contribution in [1.29, 1.82) is 0 Å². The minimum atomic E-state index is -0.494. The molecule has 1 saturated carbocycles. The Morgan fingerprint density at radius 1 is 0.875 bits per heavy atom. The molecule has 1 aliphatic rings. The van der Waals surface area contributed by atoms with Gasteiger partial charge in [-0.3, -0.25) is 14.5 Å². The summed E-state index contributed by atoms with van der Waals surface area (Å²) in [4.78, 5) is 28.2. The highest BCUT2D eigenvalue weighted by Gasteiger charge is 2.43. The number of hydrogen-bond donors (Lipinski definition) is 1. The molecule has 2 amide bonds. The number of carbonyl (C=O) groups excluding carboxylic acids is 2. The number of nitrogens with two attached hydrogens (primary N) is 1. The molecule has 0 spiro atoms. The minimum Gasteiger partial charge on any atom is -0.328 e. The monoisotopic (exact) mass is 338 g/mol. The smallest absolute Gasteiger partial charge is 0.235 e. The highest BCUT2D eigenvalue weighted by Crippen LogP contribution is 2.35. The van der Waals surface area contributed by atoms with Gasteiger partial charge in [-0.25, -0.2) is 0 Å². The second-order valence-electron chi connectivity index (χ2n) is 8.82. The fourth-order valence-electron chi connectivity index (χ4n) is 3.90. The molecule has 0 aliphatic heterocycles. The molecular formula is C20H38N2O2. The van der Waals surface area contributed by atoms with Crippen molar-refractivity contribution in [3.8, 4) is 0 Å². The molecule has 140 valence electrons. The van der Waals surface area contributed by atoms with E-state index in [0.29, 0.717) is 0 Å². The van der Waals surface area contributed by atoms with Gasteiger partial charge in [0.05, 0.1) is 0 Å². The molecule has 1 aliphatic carbocycles. The Morgan fingerprint density at radius 2 is 1.25 bits per heavy atom. The normalized spacial score (nSPS) is 22.3. The Morgan fingerprint density at radius 3 is 1.58 bits per heavy atom. The van der Waals surface area contributed by atoms with Gasteiger partial charge in [0.15, 0.2) is 0 Å². The summed E-state index contributed by atoms with van der Waals surface area (Å²) in [5.74, 6) is -0.00185. The van der Waals surface area contributed by atoms with Crippen LogP contribution in [0.2, 0.25) is 0 Å². The van der Waals surface area contributed by atoms with E-state index in [0.717, 1.165) is 51.4 Å². The summed E-state index contributed by atoms with van der Waals surface area (Å²) in [5, 5.41) is 0. The minimum absolute atomic E-state index is 0.000926. The van der Waals surface area contributed by atoms with Gasteiger partial charge in [0.25, 0.3) is 0 Å². The lowest BCUT2D eigenvalue weighted by molar-refractivity contribution is -0.160. The van der Waals surface area contributed by atoms with Crippen molar-refractivity contribution in [2.45, 2.75) is 105 Å². The first kappa shape index (κ1) is 21.1. The topological polar surface area (TPSA) is 63.4 Å². The molecule has 2 N–H and O–H groups in total. The predicted molar refractivity (Wildman–Crippen MR) is 99.5 cm³/mol. The van der Waals surface area contributed by atoms with Crippen LogP contribution in [0.4, 0.5) is 0 Å². The van der Waals surface area contributed by atoms with Gasteiger partial charge in [0.2, 0.25) is 11.8 Å². The Hall–Kier alpha value is -0.900. The molecule has 0 saturated heterocycles. The Bertz CT molecular complexity index is 405. The lowest BCUT2D eigenvalue weighted by atomic mass is 9.80. The molecule has 4 nitrogen and oxygen atoms in total. The third-order valence-electron chi connectivity index (χ3n) is 5.45. The van der Waals surface area contributed by atoms with Crippen molar-refractivity contribution < 1.29 is 9.59 Å². The highest BCUT2D eigenvalue weighted by atomic mass is 16.2. The Balaban J connectivity index is 3.12. The van der Waals surface area contributed by atoms with E-state index < -0.39 is 10.8 Å². The average molecular weight is 339 g/mol. The van der Waals surface area contributed by atoms with Crippen molar-refractivity contribution in [1.82, 2.24) is 4.90 Å². The zero-order valence-corrected chi connectivity index (χ0v) is 16.7. The maximum Gasteiger partial charge on any atom is 0.235 e. The molecule has 0 aromatic rings. The molecule has 4 heteroatoms. The molecule has 0 radical (unpaired) electrons. The van der Waals surface area contributed by atoms with Crippen molar-refractivity contribution >= 4 is 11.8 Å². The van der Waals surface area contributed by atoms with Crippen LogP contribution in [0.3, 0.4) is 0 Å². The third-order valence-corrected chi connectivity index (χ3v) is 5.45. The zero-order chi connectivity index (χ0) is 18.5. The van der Waals surface area contributed by atoms with Gasteiger partial charge in [0.1, 0.15) is 0 Å². The molecule has 1 fully saturated rings. The SMILES string of the molecule is CCCC(C)(C)C(=O)N(C(=O)C(C)(C)CCC)C1CCC(N)CC1. The summed E-state index contributed by atoms with van der Waals surface area (Å²) in [6, 6.07) is 0.220. The van der Waals surface area contributed by atoms with Gasteiger partial charge >= 0.3 is 0 Å². The number of amides is 2.